The quantitative estimate of drug-likeness (QED) is 0.590. The first-order valence-corrected chi connectivity index (χ1v) is 7.07. The normalized spacial score (nSPS) is 13.4. The fourth-order valence-corrected chi connectivity index (χ4v) is 2.65. The molecular weight excluding hydrogens is 294 g/mol. The molecule has 3 N–H and O–H groups in total. The van der Waals surface area contributed by atoms with E-state index in [1.807, 2.05) is 35.7 Å². The van der Waals surface area contributed by atoms with Gasteiger partial charge in [0.05, 0.1) is 4.88 Å². The van der Waals surface area contributed by atoms with Gasteiger partial charge in [-0.3, -0.25) is 5.41 Å². The second kappa shape index (κ2) is 6.74. The highest BCUT2D eigenvalue weighted by Gasteiger charge is 2.10. The van der Waals surface area contributed by atoms with E-state index in [9.17, 15) is 0 Å². The standard InChI is InChI=1S/C14H15N3OS.ClH/c15-14(13-2-1-7-19-13)17-11-3-4-12-10(8-11)9-16-5-6-18-12;/h1-4,7-8,16H,5-6,9H2,(H2,15,17);1H. The Morgan fingerprint density at radius 2 is 2.25 bits per heavy atom. The van der Waals surface area contributed by atoms with E-state index in [0.717, 1.165) is 35.0 Å². The van der Waals surface area contributed by atoms with Gasteiger partial charge >= 0.3 is 0 Å². The van der Waals surface area contributed by atoms with Crippen LogP contribution in [0.4, 0.5) is 5.69 Å². The Kier molecular flexibility index (Phi) is 5.00. The highest BCUT2D eigenvalue weighted by molar-refractivity contribution is 7.12. The minimum Gasteiger partial charge on any atom is -0.492 e. The van der Waals surface area contributed by atoms with Crippen molar-refractivity contribution in [3.05, 3.63) is 46.2 Å². The van der Waals surface area contributed by atoms with Crippen LogP contribution in [0.1, 0.15) is 10.4 Å². The molecule has 0 fully saturated rings. The first kappa shape index (κ1) is 14.8. The molecule has 20 heavy (non-hydrogen) atoms. The summed E-state index contributed by atoms with van der Waals surface area (Å²) in [5.74, 6) is 1.36. The maximum Gasteiger partial charge on any atom is 0.140 e. The fraction of sp³-hybridized carbons (Fsp3) is 0.214. The second-order valence-corrected chi connectivity index (χ2v) is 5.27. The van der Waals surface area contributed by atoms with Crippen LogP contribution in [0.5, 0.6) is 5.75 Å². The maximum atomic E-state index is 8.02. The van der Waals surface area contributed by atoms with E-state index >= 15 is 0 Å². The fourth-order valence-electron chi connectivity index (χ4n) is 2.02. The summed E-state index contributed by atoms with van der Waals surface area (Å²) in [6.07, 6.45) is 0. The lowest BCUT2D eigenvalue weighted by atomic mass is 10.1. The molecular formula is C14H16ClN3OS. The lowest BCUT2D eigenvalue weighted by molar-refractivity contribution is 0.326. The first-order chi connectivity index (χ1) is 9.33. The molecule has 0 amide bonds. The van der Waals surface area contributed by atoms with E-state index < -0.39 is 0 Å². The van der Waals surface area contributed by atoms with Crippen LogP contribution in [-0.2, 0) is 6.54 Å². The number of nitrogens with one attached hydrogen (secondary N) is 3. The third kappa shape index (κ3) is 3.30. The van der Waals surface area contributed by atoms with E-state index in [2.05, 4.69) is 10.6 Å². The minimum absolute atomic E-state index is 0. The van der Waals surface area contributed by atoms with Gasteiger partial charge in [-0.1, -0.05) is 6.07 Å². The van der Waals surface area contributed by atoms with Crippen molar-refractivity contribution in [3.8, 4) is 5.75 Å². The molecule has 0 bridgehead atoms. The Bertz CT molecular complexity index is 586. The number of ether oxygens (including phenoxy) is 1. The average molecular weight is 310 g/mol. The molecule has 1 aromatic heterocycles. The van der Waals surface area contributed by atoms with Crippen LogP contribution < -0.4 is 15.4 Å². The smallest absolute Gasteiger partial charge is 0.140 e. The molecule has 0 saturated carbocycles. The molecule has 106 valence electrons. The number of amidine groups is 1. The Morgan fingerprint density at radius 3 is 3.05 bits per heavy atom. The summed E-state index contributed by atoms with van der Waals surface area (Å²) < 4.78 is 5.64. The number of hydrogen-bond acceptors (Lipinski definition) is 4. The molecule has 3 rings (SSSR count). The molecule has 1 aliphatic heterocycles. The third-order valence-corrected chi connectivity index (χ3v) is 3.84. The summed E-state index contributed by atoms with van der Waals surface area (Å²) in [5.41, 5.74) is 2.05. The van der Waals surface area contributed by atoms with Gasteiger partial charge in [-0.25, -0.2) is 0 Å². The summed E-state index contributed by atoms with van der Waals surface area (Å²) in [7, 11) is 0. The monoisotopic (exact) mass is 309 g/mol. The summed E-state index contributed by atoms with van der Waals surface area (Å²) in [6, 6.07) is 9.84. The van der Waals surface area contributed by atoms with Gasteiger partial charge in [-0.15, -0.1) is 23.7 Å². The zero-order valence-electron chi connectivity index (χ0n) is 10.8. The van der Waals surface area contributed by atoms with Gasteiger partial charge in [0.25, 0.3) is 0 Å². The molecule has 2 heterocycles. The Labute approximate surface area is 128 Å². The van der Waals surface area contributed by atoms with Crippen LogP contribution in [-0.4, -0.2) is 19.0 Å². The van der Waals surface area contributed by atoms with E-state index in [4.69, 9.17) is 10.1 Å². The Morgan fingerprint density at radius 1 is 1.35 bits per heavy atom. The number of thiophene rings is 1. The number of benzene rings is 1. The highest BCUT2D eigenvalue weighted by atomic mass is 35.5. The molecule has 4 nitrogen and oxygen atoms in total. The van der Waals surface area contributed by atoms with Crippen LogP contribution in [0.3, 0.4) is 0 Å². The predicted molar refractivity (Wildman–Crippen MR) is 85.7 cm³/mol. The van der Waals surface area contributed by atoms with E-state index in [1.54, 1.807) is 11.3 Å². The number of anilines is 1. The summed E-state index contributed by atoms with van der Waals surface area (Å²) in [6.45, 7) is 2.37. The van der Waals surface area contributed by atoms with Crippen molar-refractivity contribution < 1.29 is 4.74 Å². The van der Waals surface area contributed by atoms with Crippen molar-refractivity contribution >= 4 is 35.3 Å². The molecule has 1 aromatic carbocycles. The van der Waals surface area contributed by atoms with Gasteiger partial charge < -0.3 is 15.4 Å². The first-order valence-electron chi connectivity index (χ1n) is 6.19. The van der Waals surface area contributed by atoms with Gasteiger partial charge in [-0.05, 0) is 29.6 Å². The Balaban J connectivity index is 0.00000147. The molecule has 0 aliphatic carbocycles. The van der Waals surface area contributed by atoms with Gasteiger partial charge in [0.2, 0.25) is 0 Å². The van der Waals surface area contributed by atoms with E-state index in [0.29, 0.717) is 12.4 Å². The van der Waals surface area contributed by atoms with Crippen molar-refractivity contribution in [1.82, 2.24) is 5.32 Å². The topological polar surface area (TPSA) is 57.1 Å². The maximum absolute atomic E-state index is 8.02. The van der Waals surface area contributed by atoms with E-state index in [-0.39, 0.29) is 12.4 Å². The van der Waals surface area contributed by atoms with Gasteiger partial charge in [0.15, 0.2) is 0 Å². The average Bonchev–Trinajstić information content (AvgIpc) is 2.85. The third-order valence-electron chi connectivity index (χ3n) is 2.95. The van der Waals surface area contributed by atoms with Crippen LogP contribution in [0, 0.1) is 5.41 Å². The van der Waals surface area contributed by atoms with Crippen molar-refractivity contribution in [2.75, 3.05) is 18.5 Å². The molecule has 0 unspecified atom stereocenters. The van der Waals surface area contributed by atoms with Crippen molar-refractivity contribution in [3.63, 3.8) is 0 Å². The zero-order chi connectivity index (χ0) is 13.1. The summed E-state index contributed by atoms with van der Waals surface area (Å²) >= 11 is 1.56. The van der Waals surface area contributed by atoms with Crippen LogP contribution in [0.25, 0.3) is 0 Å². The number of fused-ring (bicyclic) bond motifs is 1. The largest absolute Gasteiger partial charge is 0.492 e. The lowest BCUT2D eigenvalue weighted by Crippen LogP contribution is -2.16. The summed E-state index contributed by atoms with van der Waals surface area (Å²) in [4.78, 5) is 0.935. The SMILES string of the molecule is Cl.N=C(Nc1ccc2c(c1)CNCCO2)c1cccs1. The molecule has 0 atom stereocenters. The van der Waals surface area contributed by atoms with Gasteiger partial charge in [0, 0.05) is 24.3 Å². The molecule has 0 spiro atoms. The minimum atomic E-state index is 0. The summed E-state index contributed by atoms with van der Waals surface area (Å²) in [5, 5.41) is 16.4. The number of hydrogen-bond donors (Lipinski definition) is 3. The highest BCUT2D eigenvalue weighted by Crippen LogP contribution is 2.24. The second-order valence-electron chi connectivity index (χ2n) is 4.33. The molecule has 2 aromatic rings. The number of rotatable bonds is 2. The lowest BCUT2D eigenvalue weighted by Gasteiger charge is -2.11. The van der Waals surface area contributed by atoms with E-state index in [1.165, 1.54) is 0 Å². The molecule has 0 saturated heterocycles. The van der Waals surface area contributed by atoms with Crippen LogP contribution in [0.15, 0.2) is 35.7 Å². The van der Waals surface area contributed by atoms with Crippen molar-refractivity contribution in [2.24, 2.45) is 0 Å². The van der Waals surface area contributed by atoms with Crippen LogP contribution in [0.2, 0.25) is 0 Å². The van der Waals surface area contributed by atoms with Gasteiger partial charge in [0.1, 0.15) is 18.2 Å². The predicted octanol–water partition coefficient (Wildman–Crippen LogP) is 3.09. The number of halogens is 1. The van der Waals surface area contributed by atoms with Gasteiger partial charge in [-0.2, -0.15) is 0 Å². The van der Waals surface area contributed by atoms with Crippen molar-refractivity contribution in [2.45, 2.75) is 6.54 Å². The van der Waals surface area contributed by atoms with Crippen molar-refractivity contribution in [1.29, 1.82) is 5.41 Å². The van der Waals surface area contributed by atoms with Crippen LogP contribution >= 0.6 is 23.7 Å². The Hall–Kier alpha value is -1.56. The molecule has 6 heteroatoms. The zero-order valence-corrected chi connectivity index (χ0v) is 12.4. The molecule has 0 radical (unpaired) electrons. The molecule has 1 aliphatic rings.